The molecule has 0 spiro atoms. The first-order valence-corrected chi connectivity index (χ1v) is 13.7. The molecule has 0 radical (unpaired) electrons. The molecule has 6 rings (SSSR count). The quantitative estimate of drug-likeness (QED) is 0.493. The van der Waals surface area contributed by atoms with Gasteiger partial charge in [-0.1, -0.05) is 23.8 Å². The molecule has 0 unspecified atom stereocenters. The summed E-state index contributed by atoms with van der Waals surface area (Å²) < 4.78 is 11.5. The van der Waals surface area contributed by atoms with Gasteiger partial charge in [0, 0.05) is 24.0 Å². The van der Waals surface area contributed by atoms with Crippen molar-refractivity contribution in [1.29, 1.82) is 0 Å². The average Bonchev–Trinajstić information content (AvgIpc) is 3.25. The summed E-state index contributed by atoms with van der Waals surface area (Å²) >= 11 is 1.63. The van der Waals surface area contributed by atoms with Crippen molar-refractivity contribution in [3.63, 3.8) is 0 Å². The molecule has 36 heavy (non-hydrogen) atoms. The molecule has 2 aliphatic heterocycles. The van der Waals surface area contributed by atoms with Gasteiger partial charge in [-0.25, -0.2) is 4.98 Å². The highest BCUT2D eigenvalue weighted by molar-refractivity contribution is 7.14. The van der Waals surface area contributed by atoms with Crippen LogP contribution in [0.15, 0.2) is 35.7 Å². The van der Waals surface area contributed by atoms with Gasteiger partial charge in [0.15, 0.2) is 5.13 Å². The first-order valence-electron chi connectivity index (χ1n) is 12.8. The summed E-state index contributed by atoms with van der Waals surface area (Å²) in [6.45, 7) is 8.51. The monoisotopic (exact) mass is 503 g/mol. The summed E-state index contributed by atoms with van der Waals surface area (Å²) in [7, 11) is 1.49. The van der Waals surface area contributed by atoms with E-state index >= 15 is 0 Å². The molecule has 7 heteroatoms. The van der Waals surface area contributed by atoms with E-state index in [-0.39, 0.29) is 11.4 Å². The Kier molecular flexibility index (Phi) is 6.00. The SMILES string of the molecule is COC(=O)[C@]12C[C@H]1CN(c1nc(-c3cc(C)ccc3OCc3ccc4c(c3C)CCNCC4)cs1)C2. The van der Waals surface area contributed by atoms with Gasteiger partial charge >= 0.3 is 5.97 Å². The minimum absolute atomic E-state index is 0.0782. The predicted molar refractivity (Wildman–Crippen MR) is 143 cm³/mol. The van der Waals surface area contributed by atoms with E-state index in [2.05, 4.69) is 59.8 Å². The van der Waals surface area contributed by atoms with Crippen LogP contribution in [0.25, 0.3) is 11.3 Å². The van der Waals surface area contributed by atoms with Gasteiger partial charge in [-0.3, -0.25) is 4.79 Å². The third kappa shape index (κ3) is 4.08. The Morgan fingerprint density at radius 2 is 2.08 bits per heavy atom. The van der Waals surface area contributed by atoms with Gasteiger partial charge in [-0.05, 0) is 86.5 Å². The minimum atomic E-state index is -0.319. The van der Waals surface area contributed by atoms with Crippen LogP contribution in [0.4, 0.5) is 5.13 Å². The first-order chi connectivity index (χ1) is 17.5. The summed E-state index contributed by atoms with van der Waals surface area (Å²) in [5.74, 6) is 1.16. The molecule has 6 nitrogen and oxygen atoms in total. The maximum absolute atomic E-state index is 12.3. The third-order valence-corrected chi connectivity index (χ3v) is 9.13. The fourth-order valence-corrected chi connectivity index (χ4v) is 6.80. The molecule has 2 atom stereocenters. The van der Waals surface area contributed by atoms with Crippen molar-refractivity contribution in [1.82, 2.24) is 10.3 Å². The zero-order valence-corrected chi connectivity index (χ0v) is 22.0. The van der Waals surface area contributed by atoms with E-state index in [9.17, 15) is 4.79 Å². The summed E-state index contributed by atoms with van der Waals surface area (Å²) in [5.41, 5.74) is 8.32. The van der Waals surface area contributed by atoms with Gasteiger partial charge in [0.2, 0.25) is 0 Å². The maximum Gasteiger partial charge on any atom is 0.313 e. The number of hydrogen-bond donors (Lipinski definition) is 1. The Hall–Kier alpha value is -2.90. The van der Waals surface area contributed by atoms with Crippen molar-refractivity contribution in [2.75, 3.05) is 38.2 Å². The molecular formula is C29H33N3O3S. The number of piperidine rings is 1. The second-order valence-corrected chi connectivity index (χ2v) is 11.3. The Labute approximate surface area is 216 Å². The molecule has 1 N–H and O–H groups in total. The average molecular weight is 504 g/mol. The lowest BCUT2D eigenvalue weighted by Gasteiger charge is -2.19. The van der Waals surface area contributed by atoms with Crippen LogP contribution in [-0.4, -0.2) is 44.2 Å². The molecule has 1 saturated heterocycles. The van der Waals surface area contributed by atoms with Crippen LogP contribution >= 0.6 is 11.3 Å². The number of methoxy groups -OCH3 is 1. The second kappa shape index (κ2) is 9.20. The summed E-state index contributed by atoms with van der Waals surface area (Å²) in [4.78, 5) is 19.5. The number of anilines is 1. The van der Waals surface area contributed by atoms with Crippen molar-refractivity contribution in [2.24, 2.45) is 11.3 Å². The molecule has 1 aromatic heterocycles. The second-order valence-electron chi connectivity index (χ2n) is 10.5. The molecule has 1 aliphatic carbocycles. The van der Waals surface area contributed by atoms with Crippen molar-refractivity contribution in [2.45, 2.75) is 39.7 Å². The number of fused-ring (bicyclic) bond motifs is 2. The number of rotatable bonds is 6. The number of carbonyl (C=O) groups is 1. The van der Waals surface area contributed by atoms with E-state index in [0.717, 1.165) is 61.0 Å². The number of nitrogens with one attached hydrogen (secondary N) is 1. The Bertz CT molecular complexity index is 1320. The predicted octanol–water partition coefficient (Wildman–Crippen LogP) is 4.69. The van der Waals surface area contributed by atoms with E-state index in [1.807, 2.05) is 0 Å². The van der Waals surface area contributed by atoms with Crippen molar-refractivity contribution in [3.8, 4) is 17.0 Å². The van der Waals surface area contributed by atoms with Gasteiger partial charge in [-0.2, -0.15) is 0 Å². The van der Waals surface area contributed by atoms with Gasteiger partial charge in [-0.15, -0.1) is 11.3 Å². The molecular weight excluding hydrogens is 470 g/mol. The fourth-order valence-electron chi connectivity index (χ4n) is 5.97. The molecule has 3 heterocycles. The van der Waals surface area contributed by atoms with Crippen LogP contribution in [0.3, 0.4) is 0 Å². The number of ether oxygens (including phenoxy) is 2. The highest BCUT2D eigenvalue weighted by Gasteiger charge is 2.66. The van der Waals surface area contributed by atoms with E-state index in [4.69, 9.17) is 14.5 Å². The first kappa shape index (κ1) is 23.5. The third-order valence-electron chi connectivity index (χ3n) is 8.23. The Balaban J connectivity index is 1.22. The number of benzene rings is 2. The molecule has 2 fully saturated rings. The van der Waals surface area contributed by atoms with Gasteiger partial charge < -0.3 is 19.7 Å². The molecule has 188 valence electrons. The zero-order chi connectivity index (χ0) is 24.9. The maximum atomic E-state index is 12.3. The summed E-state index contributed by atoms with van der Waals surface area (Å²) in [5, 5.41) is 6.57. The molecule has 3 aromatic rings. The molecule has 1 saturated carbocycles. The smallest absolute Gasteiger partial charge is 0.313 e. The Morgan fingerprint density at radius 3 is 2.94 bits per heavy atom. The van der Waals surface area contributed by atoms with Crippen LogP contribution < -0.4 is 15.0 Å². The molecule has 3 aliphatic rings. The molecule has 2 aromatic carbocycles. The number of aromatic nitrogens is 1. The topological polar surface area (TPSA) is 63.7 Å². The van der Waals surface area contributed by atoms with Crippen molar-refractivity contribution < 1.29 is 14.3 Å². The largest absolute Gasteiger partial charge is 0.488 e. The van der Waals surface area contributed by atoms with E-state index in [0.29, 0.717) is 19.1 Å². The van der Waals surface area contributed by atoms with Crippen molar-refractivity contribution >= 4 is 22.4 Å². The van der Waals surface area contributed by atoms with Crippen LogP contribution in [0.2, 0.25) is 0 Å². The molecule has 0 bridgehead atoms. The highest BCUT2D eigenvalue weighted by Crippen LogP contribution is 2.59. The van der Waals surface area contributed by atoms with Gasteiger partial charge in [0.05, 0.1) is 18.2 Å². The highest BCUT2D eigenvalue weighted by atomic mass is 32.1. The normalized spacial score (nSPS) is 22.5. The van der Waals surface area contributed by atoms with E-state index < -0.39 is 0 Å². The van der Waals surface area contributed by atoms with Crippen molar-refractivity contribution in [3.05, 3.63) is 63.5 Å². The Morgan fingerprint density at radius 1 is 1.22 bits per heavy atom. The summed E-state index contributed by atoms with van der Waals surface area (Å²) in [6, 6.07) is 10.8. The number of hydrogen-bond acceptors (Lipinski definition) is 7. The lowest BCUT2D eigenvalue weighted by Crippen LogP contribution is -2.29. The number of esters is 1. The fraction of sp³-hybridized carbons (Fsp3) is 0.448. The van der Waals surface area contributed by atoms with E-state index in [1.54, 1.807) is 11.3 Å². The molecule has 0 amide bonds. The number of thiazole rings is 1. The van der Waals surface area contributed by atoms with Crippen LogP contribution in [0.5, 0.6) is 5.75 Å². The van der Waals surface area contributed by atoms with Crippen LogP contribution in [0, 0.1) is 25.2 Å². The minimum Gasteiger partial charge on any atom is -0.488 e. The zero-order valence-electron chi connectivity index (χ0n) is 21.2. The number of nitrogens with zero attached hydrogens (tertiary/aromatic N) is 2. The van der Waals surface area contributed by atoms with Gasteiger partial charge in [0.25, 0.3) is 0 Å². The van der Waals surface area contributed by atoms with E-state index in [1.165, 1.54) is 34.9 Å². The lowest BCUT2D eigenvalue weighted by atomic mass is 9.94. The summed E-state index contributed by atoms with van der Waals surface area (Å²) in [6.07, 6.45) is 3.09. The van der Waals surface area contributed by atoms with Crippen LogP contribution in [-0.2, 0) is 29.0 Å². The standard InChI is InChI=1S/C29H33N3O3S/c1-18-4-7-26(35-15-21-6-5-20-8-10-30-11-9-23(20)19(21)2)24(12-18)25-16-36-28(31-25)32-14-22-13-29(22,17-32)27(33)34-3/h4-7,12,16,22,30H,8-11,13-15,17H2,1-3H3/t22-,29-/m0/s1. The van der Waals surface area contributed by atoms with Crippen LogP contribution in [0.1, 0.15) is 34.2 Å². The van der Waals surface area contributed by atoms with Gasteiger partial charge in [0.1, 0.15) is 12.4 Å². The lowest BCUT2D eigenvalue weighted by molar-refractivity contribution is -0.146. The number of aryl methyl sites for hydroxylation is 1. The number of carbonyl (C=O) groups excluding carboxylic acids is 1.